The number of hydrogen-bond donors (Lipinski definition) is 0. The average molecular weight is 532 g/mol. The van der Waals surface area contributed by atoms with Gasteiger partial charge in [-0.15, -0.1) is 5.10 Å². The van der Waals surface area contributed by atoms with Gasteiger partial charge in [0.25, 0.3) is 0 Å². The summed E-state index contributed by atoms with van der Waals surface area (Å²) >= 11 is 0. The molecule has 0 N–H and O–H groups in total. The lowest BCUT2D eigenvalue weighted by atomic mass is 9.94. The number of piperidine rings is 1. The standard InChI is InChI=1S/C27H33N9O3/c1-4-20-22(35-14-6-8-19(17-35)16-25(37)38-5-2)10-9-21(30-20)26-23(34(3)33-32-26)18-39-27-28-13-11-24(31-27)36-15-7-12-29-36/h7,9-13,15,19H,4-6,8,14,16-18H2,1-3H3/t19-/m1/s1. The van der Waals surface area contributed by atoms with Crippen molar-refractivity contribution in [2.45, 2.75) is 46.1 Å². The molecule has 5 heterocycles. The van der Waals surface area contributed by atoms with E-state index in [1.54, 1.807) is 34.0 Å². The van der Waals surface area contributed by atoms with E-state index >= 15 is 0 Å². The Morgan fingerprint density at radius 3 is 2.85 bits per heavy atom. The molecular formula is C27H33N9O3. The van der Waals surface area contributed by atoms with E-state index in [0.717, 1.165) is 55.1 Å². The molecule has 4 aromatic heterocycles. The maximum Gasteiger partial charge on any atom is 0.318 e. The molecule has 5 rings (SSSR count). The van der Waals surface area contributed by atoms with Crippen LogP contribution in [0.5, 0.6) is 6.01 Å². The summed E-state index contributed by atoms with van der Waals surface area (Å²) in [6.45, 7) is 6.29. The van der Waals surface area contributed by atoms with Gasteiger partial charge in [-0.2, -0.15) is 10.1 Å². The zero-order chi connectivity index (χ0) is 27.2. The summed E-state index contributed by atoms with van der Waals surface area (Å²) in [4.78, 5) is 28.0. The first kappa shape index (κ1) is 26.3. The minimum atomic E-state index is -0.121. The van der Waals surface area contributed by atoms with Crippen molar-refractivity contribution < 1.29 is 14.3 Å². The van der Waals surface area contributed by atoms with Gasteiger partial charge in [0.2, 0.25) is 0 Å². The van der Waals surface area contributed by atoms with Crippen LogP contribution in [0, 0.1) is 5.92 Å². The molecule has 39 heavy (non-hydrogen) atoms. The minimum Gasteiger partial charge on any atom is -0.466 e. The highest BCUT2D eigenvalue weighted by molar-refractivity contribution is 5.70. The molecule has 0 unspecified atom stereocenters. The molecule has 0 radical (unpaired) electrons. The van der Waals surface area contributed by atoms with E-state index in [9.17, 15) is 4.79 Å². The van der Waals surface area contributed by atoms with E-state index in [2.05, 4.69) is 43.3 Å². The lowest BCUT2D eigenvalue weighted by molar-refractivity contribution is -0.144. The molecule has 0 aromatic carbocycles. The molecule has 204 valence electrons. The Morgan fingerprint density at radius 1 is 1.15 bits per heavy atom. The number of ether oxygens (including phenoxy) is 2. The molecular weight excluding hydrogens is 498 g/mol. The third-order valence-electron chi connectivity index (χ3n) is 6.79. The fourth-order valence-corrected chi connectivity index (χ4v) is 4.88. The molecule has 0 amide bonds. The fourth-order valence-electron chi connectivity index (χ4n) is 4.88. The predicted molar refractivity (Wildman–Crippen MR) is 143 cm³/mol. The van der Waals surface area contributed by atoms with Gasteiger partial charge in [-0.25, -0.2) is 19.3 Å². The molecule has 0 saturated carbocycles. The highest BCUT2D eigenvalue weighted by atomic mass is 16.5. The monoisotopic (exact) mass is 531 g/mol. The van der Waals surface area contributed by atoms with Gasteiger partial charge in [0.05, 0.1) is 30.1 Å². The Morgan fingerprint density at radius 2 is 2.05 bits per heavy atom. The molecule has 4 aromatic rings. The van der Waals surface area contributed by atoms with Crippen LogP contribution < -0.4 is 9.64 Å². The van der Waals surface area contributed by atoms with Crippen LogP contribution in [0.1, 0.15) is 44.5 Å². The number of esters is 1. The fraction of sp³-hybridized carbons (Fsp3) is 0.444. The van der Waals surface area contributed by atoms with Crippen molar-refractivity contribution in [3.05, 3.63) is 54.2 Å². The van der Waals surface area contributed by atoms with Crippen LogP contribution in [0.15, 0.2) is 42.9 Å². The Labute approximate surface area is 227 Å². The van der Waals surface area contributed by atoms with E-state index in [4.69, 9.17) is 14.5 Å². The normalized spacial score (nSPS) is 15.4. The second-order valence-corrected chi connectivity index (χ2v) is 9.42. The lowest BCUT2D eigenvalue weighted by Gasteiger charge is -2.35. The van der Waals surface area contributed by atoms with Crippen molar-refractivity contribution in [2.24, 2.45) is 13.0 Å². The van der Waals surface area contributed by atoms with Crippen molar-refractivity contribution >= 4 is 11.7 Å². The number of aromatic nitrogens is 8. The number of carbonyl (C=O) groups excluding carboxylic acids is 1. The molecule has 0 bridgehead atoms. The van der Waals surface area contributed by atoms with E-state index in [-0.39, 0.29) is 24.5 Å². The number of nitrogens with zero attached hydrogens (tertiary/aromatic N) is 9. The summed E-state index contributed by atoms with van der Waals surface area (Å²) in [5.41, 5.74) is 4.23. The molecule has 12 heteroatoms. The van der Waals surface area contributed by atoms with Crippen molar-refractivity contribution in [1.29, 1.82) is 0 Å². The van der Waals surface area contributed by atoms with Crippen molar-refractivity contribution in [2.75, 3.05) is 24.6 Å². The smallest absolute Gasteiger partial charge is 0.318 e. The topological polar surface area (TPSA) is 126 Å². The van der Waals surface area contributed by atoms with Crippen LogP contribution in [0.4, 0.5) is 5.69 Å². The Bertz CT molecular complexity index is 1400. The highest BCUT2D eigenvalue weighted by Crippen LogP contribution is 2.30. The van der Waals surface area contributed by atoms with Crippen LogP contribution in [-0.2, 0) is 29.6 Å². The summed E-state index contributed by atoms with van der Waals surface area (Å²) in [5.74, 6) is 0.768. The summed E-state index contributed by atoms with van der Waals surface area (Å²) < 4.78 is 14.4. The van der Waals surface area contributed by atoms with E-state index in [1.165, 1.54) is 0 Å². The zero-order valence-electron chi connectivity index (χ0n) is 22.5. The number of anilines is 1. The van der Waals surface area contributed by atoms with E-state index < -0.39 is 0 Å². The number of rotatable bonds is 10. The SMILES string of the molecule is CCOC(=O)C[C@H]1CCCN(c2ccc(-c3nnn(C)c3COc3nccc(-n4cccn4)n3)nc2CC)C1. The highest BCUT2D eigenvalue weighted by Gasteiger charge is 2.25. The van der Waals surface area contributed by atoms with Crippen LogP contribution in [0.2, 0.25) is 0 Å². The third kappa shape index (κ3) is 6.05. The summed E-state index contributed by atoms with van der Waals surface area (Å²) in [6, 6.07) is 7.90. The van der Waals surface area contributed by atoms with Crippen LogP contribution in [0.25, 0.3) is 17.2 Å². The Hall–Kier alpha value is -4.35. The van der Waals surface area contributed by atoms with Gasteiger partial charge in [0.15, 0.2) is 5.82 Å². The third-order valence-corrected chi connectivity index (χ3v) is 6.79. The molecule has 12 nitrogen and oxygen atoms in total. The molecule has 1 fully saturated rings. The average Bonchev–Trinajstić information content (AvgIpc) is 3.62. The van der Waals surface area contributed by atoms with Gasteiger partial charge >= 0.3 is 12.0 Å². The van der Waals surface area contributed by atoms with Crippen LogP contribution >= 0.6 is 0 Å². The van der Waals surface area contributed by atoms with Gasteiger partial charge in [0, 0.05) is 44.8 Å². The van der Waals surface area contributed by atoms with Gasteiger partial charge in [-0.3, -0.25) is 4.79 Å². The summed E-state index contributed by atoms with van der Waals surface area (Å²) in [5, 5.41) is 12.8. The van der Waals surface area contributed by atoms with Gasteiger partial charge < -0.3 is 14.4 Å². The van der Waals surface area contributed by atoms with E-state index in [0.29, 0.717) is 24.5 Å². The quantitative estimate of drug-likeness (QED) is 0.282. The second kappa shape index (κ2) is 12.0. The molecule has 0 spiro atoms. The zero-order valence-corrected chi connectivity index (χ0v) is 22.5. The first-order valence-electron chi connectivity index (χ1n) is 13.3. The largest absolute Gasteiger partial charge is 0.466 e. The van der Waals surface area contributed by atoms with Crippen molar-refractivity contribution in [3.8, 4) is 23.2 Å². The molecule has 0 aliphatic carbocycles. The van der Waals surface area contributed by atoms with Gasteiger partial charge in [-0.1, -0.05) is 12.1 Å². The molecule has 1 aliphatic rings. The van der Waals surface area contributed by atoms with Crippen molar-refractivity contribution in [3.63, 3.8) is 0 Å². The number of pyridine rings is 1. The summed E-state index contributed by atoms with van der Waals surface area (Å²) in [6.07, 6.45) is 8.40. The molecule has 1 atom stereocenters. The lowest BCUT2D eigenvalue weighted by Crippen LogP contribution is -2.37. The maximum atomic E-state index is 12.0. The molecule has 1 saturated heterocycles. The second-order valence-electron chi connectivity index (χ2n) is 9.42. The molecule has 1 aliphatic heterocycles. The van der Waals surface area contributed by atoms with Crippen LogP contribution in [-0.4, -0.2) is 65.4 Å². The first-order valence-corrected chi connectivity index (χ1v) is 13.3. The number of hydrogen-bond acceptors (Lipinski definition) is 10. The van der Waals surface area contributed by atoms with Gasteiger partial charge in [0.1, 0.15) is 18.0 Å². The van der Waals surface area contributed by atoms with Gasteiger partial charge in [-0.05, 0) is 50.3 Å². The Balaban J connectivity index is 1.32. The van der Waals surface area contributed by atoms with Crippen molar-refractivity contribution in [1.82, 2.24) is 39.7 Å². The van der Waals surface area contributed by atoms with Crippen LogP contribution in [0.3, 0.4) is 0 Å². The predicted octanol–water partition coefficient (Wildman–Crippen LogP) is 3.16. The summed E-state index contributed by atoms with van der Waals surface area (Å²) in [7, 11) is 1.82. The van der Waals surface area contributed by atoms with E-state index in [1.807, 2.05) is 26.1 Å². The Kier molecular flexibility index (Phi) is 8.09. The minimum absolute atomic E-state index is 0.121. The number of aryl methyl sites for hydroxylation is 2. The number of carbonyl (C=O) groups is 1. The maximum absolute atomic E-state index is 12.0. The first-order chi connectivity index (χ1) is 19.1.